The van der Waals surface area contributed by atoms with Crippen molar-refractivity contribution in [1.82, 2.24) is 0 Å². The van der Waals surface area contributed by atoms with Crippen molar-refractivity contribution in [1.29, 1.82) is 0 Å². The normalized spacial score (nSPS) is 11.7. The second-order valence-corrected chi connectivity index (χ2v) is 3.78. The monoisotopic (exact) mass is 267 g/mol. The number of carbonyl (C=O) groups is 3. The Morgan fingerprint density at radius 3 is 1.95 bits per heavy atom. The highest BCUT2D eigenvalue weighted by atomic mass is 16.5. The summed E-state index contributed by atoms with van der Waals surface area (Å²) in [7, 11) is 1.35. The summed E-state index contributed by atoms with van der Waals surface area (Å²) in [6, 6.07) is 3.37. The molecule has 0 heterocycles. The first-order valence-corrected chi connectivity index (χ1v) is 5.30. The number of ether oxygens (including phenoxy) is 1. The number of methoxy groups -OCH3 is 1. The van der Waals surface area contributed by atoms with Gasteiger partial charge in [-0.1, -0.05) is 0 Å². The average molecular weight is 267 g/mol. The molecular weight excluding hydrogens is 254 g/mol. The first-order chi connectivity index (χ1) is 8.85. The van der Waals surface area contributed by atoms with E-state index >= 15 is 0 Å². The highest BCUT2D eigenvalue weighted by molar-refractivity contribution is 5.99. The molecule has 1 amide bonds. The topological polar surface area (TPSA) is 113 Å². The molecule has 1 aromatic carbocycles. The van der Waals surface area contributed by atoms with Crippen molar-refractivity contribution in [3.8, 4) is 0 Å². The number of amides is 1. The maximum absolute atomic E-state index is 11.6. The summed E-state index contributed by atoms with van der Waals surface area (Å²) in [6.45, 7) is 1.51. The fourth-order valence-corrected chi connectivity index (χ4v) is 1.30. The van der Waals surface area contributed by atoms with E-state index in [9.17, 15) is 14.4 Å². The molecule has 1 rings (SSSR count). The maximum Gasteiger partial charge on any atom is 0.335 e. The Morgan fingerprint density at radius 1 is 1.11 bits per heavy atom. The van der Waals surface area contributed by atoms with Crippen LogP contribution in [0, 0.1) is 0 Å². The molecule has 19 heavy (non-hydrogen) atoms. The van der Waals surface area contributed by atoms with Crippen LogP contribution in [-0.4, -0.2) is 41.3 Å². The van der Waals surface area contributed by atoms with Gasteiger partial charge in [-0.25, -0.2) is 9.59 Å². The Kier molecular flexibility index (Phi) is 4.60. The summed E-state index contributed by atoms with van der Waals surface area (Å²) in [4.78, 5) is 33.3. The first-order valence-electron chi connectivity index (χ1n) is 5.30. The molecule has 1 unspecified atom stereocenters. The van der Waals surface area contributed by atoms with Crippen LogP contribution in [0.3, 0.4) is 0 Å². The Hall–Kier alpha value is -2.41. The molecule has 0 saturated heterocycles. The van der Waals surface area contributed by atoms with Gasteiger partial charge in [-0.3, -0.25) is 4.79 Å². The zero-order valence-electron chi connectivity index (χ0n) is 10.3. The van der Waals surface area contributed by atoms with Crippen LogP contribution in [0.2, 0.25) is 0 Å². The van der Waals surface area contributed by atoms with Gasteiger partial charge in [0.15, 0.2) is 0 Å². The van der Waals surface area contributed by atoms with Crippen LogP contribution in [0.5, 0.6) is 0 Å². The average Bonchev–Trinajstić information content (AvgIpc) is 2.37. The zero-order chi connectivity index (χ0) is 14.6. The summed E-state index contributed by atoms with van der Waals surface area (Å²) in [5, 5.41) is 20.1. The SMILES string of the molecule is COC(C)C(=O)Nc1cc(C(=O)O)cc(C(=O)O)c1. The van der Waals surface area contributed by atoms with Crippen molar-refractivity contribution >= 4 is 23.5 Å². The molecule has 0 spiro atoms. The molecule has 0 fully saturated rings. The van der Waals surface area contributed by atoms with Gasteiger partial charge in [-0.2, -0.15) is 0 Å². The van der Waals surface area contributed by atoms with Gasteiger partial charge in [-0.15, -0.1) is 0 Å². The van der Waals surface area contributed by atoms with Crippen molar-refractivity contribution in [2.24, 2.45) is 0 Å². The molecule has 3 N–H and O–H groups in total. The minimum atomic E-state index is -1.28. The smallest absolute Gasteiger partial charge is 0.335 e. The number of anilines is 1. The van der Waals surface area contributed by atoms with Crippen LogP contribution in [0.1, 0.15) is 27.6 Å². The molecule has 0 aliphatic heterocycles. The molecule has 0 saturated carbocycles. The van der Waals surface area contributed by atoms with Gasteiger partial charge >= 0.3 is 11.9 Å². The fraction of sp³-hybridized carbons (Fsp3) is 0.250. The molecule has 0 aliphatic rings. The molecule has 7 heteroatoms. The van der Waals surface area contributed by atoms with Crippen molar-refractivity contribution in [2.75, 3.05) is 12.4 Å². The number of carboxylic acid groups (broad SMARTS) is 2. The Morgan fingerprint density at radius 2 is 1.58 bits per heavy atom. The quantitative estimate of drug-likeness (QED) is 0.735. The van der Waals surface area contributed by atoms with Gasteiger partial charge in [0, 0.05) is 12.8 Å². The summed E-state index contributed by atoms with van der Waals surface area (Å²) in [5.74, 6) is -3.06. The van der Waals surface area contributed by atoms with E-state index in [2.05, 4.69) is 5.32 Å². The van der Waals surface area contributed by atoms with Gasteiger partial charge in [-0.05, 0) is 25.1 Å². The number of carboxylic acids is 2. The predicted molar refractivity (Wildman–Crippen MR) is 65.5 cm³/mol. The molecule has 1 atom stereocenters. The largest absolute Gasteiger partial charge is 0.478 e. The lowest BCUT2D eigenvalue weighted by molar-refractivity contribution is -0.124. The number of nitrogens with one attached hydrogen (secondary N) is 1. The van der Waals surface area contributed by atoms with Gasteiger partial charge in [0.2, 0.25) is 0 Å². The van der Waals surface area contributed by atoms with E-state index in [0.717, 1.165) is 6.07 Å². The molecule has 7 nitrogen and oxygen atoms in total. The number of hydrogen-bond acceptors (Lipinski definition) is 4. The van der Waals surface area contributed by atoms with E-state index in [1.165, 1.54) is 26.2 Å². The maximum atomic E-state index is 11.6. The van der Waals surface area contributed by atoms with E-state index < -0.39 is 23.9 Å². The van der Waals surface area contributed by atoms with E-state index in [-0.39, 0.29) is 16.8 Å². The predicted octanol–water partition coefficient (Wildman–Crippen LogP) is 1.06. The van der Waals surface area contributed by atoms with Gasteiger partial charge in [0.05, 0.1) is 11.1 Å². The molecule has 0 bridgehead atoms. The lowest BCUT2D eigenvalue weighted by Crippen LogP contribution is -2.26. The molecule has 0 radical (unpaired) electrons. The third-order valence-corrected chi connectivity index (χ3v) is 2.42. The molecule has 0 aliphatic carbocycles. The molecular formula is C12H13NO6. The van der Waals surface area contributed by atoms with Gasteiger partial charge < -0.3 is 20.3 Å². The van der Waals surface area contributed by atoms with Crippen molar-refractivity contribution in [2.45, 2.75) is 13.0 Å². The zero-order valence-corrected chi connectivity index (χ0v) is 10.3. The number of benzene rings is 1. The third-order valence-electron chi connectivity index (χ3n) is 2.42. The van der Waals surface area contributed by atoms with Crippen LogP contribution in [0.4, 0.5) is 5.69 Å². The fourth-order valence-electron chi connectivity index (χ4n) is 1.30. The van der Waals surface area contributed by atoms with Crippen LogP contribution < -0.4 is 5.32 Å². The third kappa shape index (κ3) is 3.78. The van der Waals surface area contributed by atoms with E-state index in [1.54, 1.807) is 0 Å². The molecule has 0 aromatic heterocycles. The van der Waals surface area contributed by atoms with Crippen molar-refractivity contribution in [3.05, 3.63) is 29.3 Å². The van der Waals surface area contributed by atoms with Gasteiger partial charge in [0.1, 0.15) is 6.10 Å². The number of aromatic carboxylic acids is 2. The van der Waals surface area contributed by atoms with E-state index in [4.69, 9.17) is 14.9 Å². The number of carbonyl (C=O) groups excluding carboxylic acids is 1. The second kappa shape index (κ2) is 5.96. The van der Waals surface area contributed by atoms with Crippen LogP contribution in [-0.2, 0) is 9.53 Å². The summed E-state index contributed by atoms with van der Waals surface area (Å²) >= 11 is 0. The van der Waals surface area contributed by atoms with Crippen molar-refractivity contribution < 1.29 is 29.3 Å². The highest BCUT2D eigenvalue weighted by Gasteiger charge is 2.15. The van der Waals surface area contributed by atoms with Crippen LogP contribution in [0.15, 0.2) is 18.2 Å². The number of hydrogen-bond donors (Lipinski definition) is 3. The van der Waals surface area contributed by atoms with E-state index in [1.807, 2.05) is 0 Å². The van der Waals surface area contributed by atoms with Crippen LogP contribution in [0.25, 0.3) is 0 Å². The Labute approximate surface area is 108 Å². The van der Waals surface area contributed by atoms with E-state index in [0.29, 0.717) is 0 Å². The Balaban J connectivity index is 3.10. The minimum absolute atomic E-state index is 0.0891. The standard InChI is InChI=1S/C12H13NO6/c1-6(19-2)10(14)13-9-4-7(11(15)16)3-8(5-9)12(17)18/h3-6H,1-2H3,(H,13,14)(H,15,16)(H,17,18). The lowest BCUT2D eigenvalue weighted by Gasteiger charge is -2.11. The minimum Gasteiger partial charge on any atom is -0.478 e. The Bertz CT molecular complexity index is 493. The first kappa shape index (κ1) is 14.7. The van der Waals surface area contributed by atoms with Crippen molar-refractivity contribution in [3.63, 3.8) is 0 Å². The van der Waals surface area contributed by atoms with Crippen LogP contribution >= 0.6 is 0 Å². The summed E-state index contributed by atoms with van der Waals surface area (Å²) in [6.07, 6.45) is -0.734. The molecule has 1 aromatic rings. The highest BCUT2D eigenvalue weighted by Crippen LogP contribution is 2.16. The summed E-state index contributed by atoms with van der Waals surface area (Å²) < 4.78 is 4.79. The lowest BCUT2D eigenvalue weighted by atomic mass is 10.1. The number of rotatable bonds is 5. The summed E-state index contributed by atoms with van der Waals surface area (Å²) in [5.41, 5.74) is -0.355. The molecule has 102 valence electrons. The second-order valence-electron chi connectivity index (χ2n) is 3.78. The van der Waals surface area contributed by atoms with Gasteiger partial charge in [0.25, 0.3) is 5.91 Å².